The van der Waals surface area contributed by atoms with E-state index in [2.05, 4.69) is 17.4 Å². The first-order chi connectivity index (χ1) is 15.9. The Morgan fingerprint density at radius 2 is 1.58 bits per heavy atom. The van der Waals surface area contributed by atoms with Crippen molar-refractivity contribution in [3.63, 3.8) is 0 Å². The molecule has 2 aromatic carbocycles. The van der Waals surface area contributed by atoms with Crippen LogP contribution < -0.4 is 5.32 Å². The van der Waals surface area contributed by atoms with Crippen LogP contribution in [0.4, 0.5) is 4.79 Å². The number of nitrogens with zero attached hydrogens (tertiary/aromatic N) is 1. The highest BCUT2D eigenvalue weighted by Gasteiger charge is 2.44. The molecule has 0 heterocycles. The number of rotatable bonds is 7. The fraction of sp³-hybridized carbons (Fsp3) is 0.400. The molecular weight excluding hydrogens is 424 g/mol. The molecule has 0 radical (unpaired) electrons. The minimum Gasteiger partial charge on any atom is -0.479 e. The summed E-state index contributed by atoms with van der Waals surface area (Å²) in [6.07, 6.45) is 2.71. The van der Waals surface area contributed by atoms with Crippen molar-refractivity contribution in [3.8, 4) is 11.1 Å². The number of fused-ring (bicyclic) bond motifs is 3. The van der Waals surface area contributed by atoms with E-state index in [-0.39, 0.29) is 12.5 Å². The predicted molar refractivity (Wildman–Crippen MR) is 120 cm³/mol. The summed E-state index contributed by atoms with van der Waals surface area (Å²) in [6, 6.07) is 16.2. The molecule has 0 aromatic heterocycles. The van der Waals surface area contributed by atoms with Gasteiger partial charge >= 0.3 is 12.1 Å². The number of hydrogen-bond donors (Lipinski definition) is 2. The lowest BCUT2D eigenvalue weighted by atomic mass is 9.81. The van der Waals surface area contributed by atoms with E-state index in [1.165, 1.54) is 7.05 Å². The maximum Gasteiger partial charge on any atom is 0.408 e. The van der Waals surface area contributed by atoms with Crippen LogP contribution >= 0.6 is 0 Å². The van der Waals surface area contributed by atoms with Crippen molar-refractivity contribution >= 4 is 18.0 Å². The molecule has 33 heavy (non-hydrogen) atoms. The number of nitrogens with one attached hydrogen (secondary N) is 1. The van der Waals surface area contributed by atoms with E-state index in [1.807, 2.05) is 36.4 Å². The Balaban J connectivity index is 1.45. The van der Waals surface area contributed by atoms with Crippen molar-refractivity contribution in [2.75, 3.05) is 20.3 Å². The van der Waals surface area contributed by atoms with E-state index in [0.717, 1.165) is 46.6 Å². The van der Waals surface area contributed by atoms with Gasteiger partial charge in [-0.15, -0.1) is 0 Å². The zero-order valence-electron chi connectivity index (χ0n) is 18.6. The van der Waals surface area contributed by atoms with Gasteiger partial charge in [-0.05, 0) is 35.1 Å². The maximum atomic E-state index is 13.1. The zero-order valence-corrected chi connectivity index (χ0v) is 18.6. The molecule has 8 heteroatoms. The normalized spacial score (nSPS) is 16.4. The van der Waals surface area contributed by atoms with Gasteiger partial charge in [0.05, 0.1) is 0 Å². The molecule has 2 aliphatic carbocycles. The summed E-state index contributed by atoms with van der Waals surface area (Å²) in [6.45, 7) is -0.487. The number of hydroxylamine groups is 2. The lowest BCUT2D eigenvalue weighted by Crippen LogP contribution is -2.60. The maximum absolute atomic E-state index is 13.1. The Kier molecular flexibility index (Phi) is 6.65. The van der Waals surface area contributed by atoms with Crippen LogP contribution in [0.25, 0.3) is 11.1 Å². The number of carboxylic acids is 1. The van der Waals surface area contributed by atoms with Gasteiger partial charge in [-0.2, -0.15) is 0 Å². The Hall–Kier alpha value is -3.39. The molecule has 1 fully saturated rings. The van der Waals surface area contributed by atoms with Gasteiger partial charge in [0.1, 0.15) is 12.1 Å². The number of aliphatic carboxylic acids is 1. The second-order valence-corrected chi connectivity index (χ2v) is 8.56. The summed E-state index contributed by atoms with van der Waals surface area (Å²) in [5.41, 5.74) is 3.32. The number of hydrogen-bond acceptors (Lipinski definition) is 5. The van der Waals surface area contributed by atoms with E-state index < -0.39 is 30.1 Å². The fourth-order valence-corrected chi connectivity index (χ4v) is 4.89. The van der Waals surface area contributed by atoms with Crippen LogP contribution in [0.5, 0.6) is 0 Å². The smallest absolute Gasteiger partial charge is 0.408 e. The SMILES string of the molecule is CN(OCC(=O)O)C(=O)C1(NC(=O)OCC2c3ccccc3-c3ccccc32)CCCCC1. The largest absolute Gasteiger partial charge is 0.479 e. The third-order valence-corrected chi connectivity index (χ3v) is 6.47. The standard InChI is InChI=1S/C25H28N2O6/c1-27(33-16-22(28)29)23(30)25(13-7-2-8-14-25)26-24(31)32-15-21-19-11-5-3-9-17(19)18-10-4-6-12-20(18)21/h3-6,9-12,21H,2,7-8,13-16H2,1H3,(H,26,31)(H,28,29). The first kappa shape index (κ1) is 22.8. The third-order valence-electron chi connectivity index (χ3n) is 6.47. The van der Waals surface area contributed by atoms with Crippen molar-refractivity contribution in [3.05, 3.63) is 59.7 Å². The van der Waals surface area contributed by atoms with Crippen LogP contribution in [0, 0.1) is 0 Å². The van der Waals surface area contributed by atoms with E-state index >= 15 is 0 Å². The molecule has 0 atom stereocenters. The molecule has 2 aliphatic rings. The molecule has 0 aliphatic heterocycles. The van der Waals surface area contributed by atoms with Crippen LogP contribution in [0.15, 0.2) is 48.5 Å². The number of likely N-dealkylation sites (N-methyl/N-ethyl adjacent to an activating group) is 1. The lowest BCUT2D eigenvalue weighted by molar-refractivity contribution is -0.192. The molecule has 2 amide bonds. The van der Waals surface area contributed by atoms with Gasteiger partial charge in [0.15, 0.2) is 6.61 Å². The Morgan fingerprint density at radius 1 is 1.00 bits per heavy atom. The van der Waals surface area contributed by atoms with Crippen LogP contribution in [0.3, 0.4) is 0 Å². The summed E-state index contributed by atoms with van der Waals surface area (Å²) < 4.78 is 5.64. The topological polar surface area (TPSA) is 105 Å². The van der Waals surface area contributed by atoms with Gasteiger partial charge in [-0.25, -0.2) is 14.7 Å². The van der Waals surface area contributed by atoms with Crippen LogP contribution in [-0.4, -0.2) is 53.9 Å². The molecular formula is C25H28N2O6. The highest BCUT2D eigenvalue weighted by atomic mass is 16.7. The van der Waals surface area contributed by atoms with Crippen LogP contribution in [0.2, 0.25) is 0 Å². The van der Waals surface area contributed by atoms with Crippen molar-refractivity contribution in [2.24, 2.45) is 0 Å². The fourth-order valence-electron chi connectivity index (χ4n) is 4.89. The van der Waals surface area contributed by atoms with E-state index in [4.69, 9.17) is 14.7 Å². The second-order valence-electron chi connectivity index (χ2n) is 8.56. The predicted octanol–water partition coefficient (Wildman–Crippen LogP) is 3.70. The molecule has 0 saturated heterocycles. The number of amides is 2. The molecule has 2 aromatic rings. The summed E-state index contributed by atoms with van der Waals surface area (Å²) in [5, 5.41) is 12.5. The summed E-state index contributed by atoms with van der Waals surface area (Å²) >= 11 is 0. The summed E-state index contributed by atoms with van der Waals surface area (Å²) in [7, 11) is 1.36. The minimum absolute atomic E-state index is 0.0808. The molecule has 8 nitrogen and oxygen atoms in total. The molecule has 0 spiro atoms. The van der Waals surface area contributed by atoms with Crippen molar-refractivity contribution in [1.82, 2.24) is 10.4 Å². The van der Waals surface area contributed by atoms with Gasteiger partial charge < -0.3 is 15.2 Å². The molecule has 174 valence electrons. The van der Waals surface area contributed by atoms with Crippen LogP contribution in [0.1, 0.15) is 49.1 Å². The summed E-state index contributed by atoms with van der Waals surface area (Å²) in [4.78, 5) is 41.8. The van der Waals surface area contributed by atoms with Crippen molar-refractivity contribution < 1.29 is 29.1 Å². The lowest BCUT2D eigenvalue weighted by Gasteiger charge is -2.38. The average Bonchev–Trinajstić information content (AvgIpc) is 3.15. The number of carbonyl (C=O) groups excluding carboxylic acids is 2. The number of alkyl carbamates (subject to hydrolysis) is 1. The number of benzene rings is 2. The Labute approximate surface area is 192 Å². The van der Waals surface area contributed by atoms with Crippen LogP contribution in [-0.2, 0) is 19.2 Å². The van der Waals surface area contributed by atoms with Gasteiger partial charge in [0.25, 0.3) is 5.91 Å². The summed E-state index contributed by atoms with van der Waals surface area (Å²) in [5.74, 6) is -1.74. The number of ether oxygens (including phenoxy) is 1. The van der Waals surface area contributed by atoms with Gasteiger partial charge in [-0.3, -0.25) is 9.63 Å². The average molecular weight is 453 g/mol. The Morgan fingerprint density at radius 3 is 2.15 bits per heavy atom. The van der Waals surface area contributed by atoms with E-state index in [0.29, 0.717) is 12.8 Å². The minimum atomic E-state index is -1.18. The van der Waals surface area contributed by atoms with Gasteiger partial charge in [-0.1, -0.05) is 67.8 Å². The first-order valence-corrected chi connectivity index (χ1v) is 11.2. The van der Waals surface area contributed by atoms with Crippen molar-refractivity contribution in [1.29, 1.82) is 0 Å². The second kappa shape index (κ2) is 9.62. The molecule has 0 unspecified atom stereocenters. The number of carboxylic acid groups (broad SMARTS) is 1. The van der Waals surface area contributed by atoms with Crippen molar-refractivity contribution in [2.45, 2.75) is 43.6 Å². The zero-order chi connectivity index (χ0) is 23.4. The third kappa shape index (κ3) is 4.71. The Bertz CT molecular complexity index is 1000. The molecule has 2 N–H and O–H groups in total. The number of carbonyl (C=O) groups is 3. The quantitative estimate of drug-likeness (QED) is 0.621. The van der Waals surface area contributed by atoms with E-state index in [1.54, 1.807) is 0 Å². The molecule has 1 saturated carbocycles. The molecule has 4 rings (SSSR count). The molecule has 0 bridgehead atoms. The van der Waals surface area contributed by atoms with E-state index in [9.17, 15) is 14.4 Å². The first-order valence-electron chi connectivity index (χ1n) is 11.2. The van der Waals surface area contributed by atoms with Gasteiger partial charge in [0.2, 0.25) is 0 Å². The highest BCUT2D eigenvalue weighted by molar-refractivity contribution is 5.89. The van der Waals surface area contributed by atoms with Gasteiger partial charge in [0, 0.05) is 13.0 Å². The monoisotopic (exact) mass is 452 g/mol. The highest BCUT2D eigenvalue weighted by Crippen LogP contribution is 2.44.